The summed E-state index contributed by atoms with van der Waals surface area (Å²) in [5, 5.41) is 11.2. The number of carbonyl (C=O) groups is 1. The summed E-state index contributed by atoms with van der Waals surface area (Å²) in [5.41, 5.74) is 3.72. The van der Waals surface area contributed by atoms with Crippen molar-refractivity contribution in [2.24, 2.45) is 0 Å². The predicted molar refractivity (Wildman–Crippen MR) is 132 cm³/mol. The number of halogens is 1. The number of amides is 1. The summed E-state index contributed by atoms with van der Waals surface area (Å²) in [7, 11) is 0. The van der Waals surface area contributed by atoms with Gasteiger partial charge in [0.2, 0.25) is 5.95 Å². The fraction of sp³-hybridized carbons (Fsp3) is 0.115. The van der Waals surface area contributed by atoms with Crippen molar-refractivity contribution in [2.45, 2.75) is 19.6 Å². The maximum absolute atomic E-state index is 13.4. The van der Waals surface area contributed by atoms with Gasteiger partial charge in [-0.05, 0) is 42.8 Å². The van der Waals surface area contributed by atoms with Crippen LogP contribution in [0.3, 0.4) is 0 Å². The first-order valence-electron chi connectivity index (χ1n) is 10.8. The highest BCUT2D eigenvalue weighted by Gasteiger charge is 2.33. The molecule has 34 heavy (non-hydrogen) atoms. The van der Waals surface area contributed by atoms with Gasteiger partial charge in [-0.3, -0.25) is 4.79 Å². The van der Waals surface area contributed by atoms with E-state index in [2.05, 4.69) is 20.7 Å². The van der Waals surface area contributed by atoms with E-state index in [-0.39, 0.29) is 5.91 Å². The summed E-state index contributed by atoms with van der Waals surface area (Å²) in [6.45, 7) is 2.20. The van der Waals surface area contributed by atoms with Crippen molar-refractivity contribution in [3.63, 3.8) is 0 Å². The molecule has 170 valence electrons. The standard InChI is InChI=1S/C26H22ClN5O2/c1-17-23(25(33)31-20-10-3-2-4-11-20)24(32-26(30-17)28-16-29-32)18-9-7-12-21(14-18)34-15-19-8-5-6-13-22(19)27/h2-14,16,24H,15H2,1H3,(H,31,33)(H,28,29,30)/t24-/m1/s1. The molecule has 0 bridgehead atoms. The van der Waals surface area contributed by atoms with Crippen molar-refractivity contribution in [3.8, 4) is 5.75 Å². The van der Waals surface area contributed by atoms with Gasteiger partial charge in [0.15, 0.2) is 0 Å². The van der Waals surface area contributed by atoms with Crippen LogP contribution in [0, 0.1) is 0 Å². The van der Waals surface area contributed by atoms with E-state index >= 15 is 0 Å². The van der Waals surface area contributed by atoms with E-state index in [1.165, 1.54) is 6.33 Å². The summed E-state index contributed by atoms with van der Waals surface area (Å²) in [5.74, 6) is 1.02. The van der Waals surface area contributed by atoms with Gasteiger partial charge in [-0.25, -0.2) is 4.68 Å². The minimum absolute atomic E-state index is 0.218. The molecule has 1 aliphatic rings. The maximum atomic E-state index is 13.4. The lowest BCUT2D eigenvalue weighted by molar-refractivity contribution is -0.113. The van der Waals surface area contributed by atoms with Gasteiger partial charge in [0.1, 0.15) is 24.7 Å². The number of fused-ring (bicyclic) bond motifs is 1. The van der Waals surface area contributed by atoms with E-state index in [0.717, 1.165) is 11.1 Å². The van der Waals surface area contributed by atoms with Crippen molar-refractivity contribution in [2.75, 3.05) is 10.6 Å². The number of rotatable bonds is 6. The predicted octanol–water partition coefficient (Wildman–Crippen LogP) is 5.44. The molecule has 3 aromatic carbocycles. The van der Waals surface area contributed by atoms with E-state index in [4.69, 9.17) is 16.3 Å². The average Bonchev–Trinajstić information content (AvgIpc) is 3.31. The van der Waals surface area contributed by atoms with Crippen LogP contribution in [-0.2, 0) is 11.4 Å². The minimum Gasteiger partial charge on any atom is -0.489 e. The van der Waals surface area contributed by atoms with Gasteiger partial charge in [0, 0.05) is 22.0 Å². The van der Waals surface area contributed by atoms with E-state index in [1.807, 2.05) is 85.8 Å². The number of allylic oxidation sites excluding steroid dienone is 1. The first-order valence-corrected chi connectivity index (χ1v) is 11.2. The van der Waals surface area contributed by atoms with Crippen LogP contribution in [-0.4, -0.2) is 20.7 Å². The van der Waals surface area contributed by atoms with E-state index in [9.17, 15) is 4.79 Å². The molecule has 1 atom stereocenters. The van der Waals surface area contributed by atoms with Crippen LogP contribution in [0.25, 0.3) is 0 Å². The zero-order valence-electron chi connectivity index (χ0n) is 18.4. The Labute approximate surface area is 202 Å². The third kappa shape index (κ3) is 4.38. The summed E-state index contributed by atoms with van der Waals surface area (Å²) < 4.78 is 7.74. The molecular weight excluding hydrogens is 450 g/mol. The first-order chi connectivity index (χ1) is 16.6. The lowest BCUT2D eigenvalue weighted by Gasteiger charge is -2.29. The molecule has 0 unspecified atom stereocenters. The summed E-state index contributed by atoms with van der Waals surface area (Å²) >= 11 is 6.27. The molecule has 2 N–H and O–H groups in total. The largest absolute Gasteiger partial charge is 0.489 e. The third-order valence-electron chi connectivity index (χ3n) is 5.60. The topological polar surface area (TPSA) is 81.1 Å². The van der Waals surface area contributed by atoms with Gasteiger partial charge in [0.25, 0.3) is 5.91 Å². The van der Waals surface area contributed by atoms with E-state index in [0.29, 0.717) is 40.3 Å². The zero-order chi connectivity index (χ0) is 23.5. The Morgan fingerprint density at radius 3 is 2.71 bits per heavy atom. The van der Waals surface area contributed by atoms with Crippen molar-refractivity contribution in [1.29, 1.82) is 0 Å². The smallest absolute Gasteiger partial charge is 0.255 e. The number of nitrogens with zero attached hydrogens (tertiary/aromatic N) is 3. The fourth-order valence-electron chi connectivity index (χ4n) is 3.96. The van der Waals surface area contributed by atoms with Crippen LogP contribution in [0.5, 0.6) is 5.75 Å². The molecule has 0 aliphatic carbocycles. The fourth-order valence-corrected chi connectivity index (χ4v) is 4.15. The first kappa shape index (κ1) is 21.7. The van der Waals surface area contributed by atoms with Crippen molar-refractivity contribution in [1.82, 2.24) is 14.8 Å². The summed E-state index contributed by atoms with van der Waals surface area (Å²) in [4.78, 5) is 17.7. The number of nitrogens with one attached hydrogen (secondary N) is 2. The van der Waals surface area contributed by atoms with Gasteiger partial charge in [0.05, 0.1) is 5.57 Å². The molecular formula is C26H22ClN5O2. The van der Waals surface area contributed by atoms with Crippen LogP contribution in [0.4, 0.5) is 11.6 Å². The molecule has 4 aromatic rings. The Bertz CT molecular complexity index is 1370. The van der Waals surface area contributed by atoms with Crippen LogP contribution >= 0.6 is 11.6 Å². The number of hydrogen-bond donors (Lipinski definition) is 2. The highest BCUT2D eigenvalue weighted by atomic mass is 35.5. The SMILES string of the molecule is CC1=C(C(=O)Nc2ccccc2)[C@@H](c2cccc(OCc3ccccc3Cl)c2)n2ncnc2N1. The van der Waals surface area contributed by atoms with Gasteiger partial charge >= 0.3 is 0 Å². The molecule has 8 heteroatoms. The number of hydrogen-bond acceptors (Lipinski definition) is 5. The monoisotopic (exact) mass is 471 g/mol. The Balaban J connectivity index is 1.47. The molecule has 0 radical (unpaired) electrons. The molecule has 1 aliphatic heterocycles. The van der Waals surface area contributed by atoms with Gasteiger partial charge < -0.3 is 15.4 Å². The summed E-state index contributed by atoms with van der Waals surface area (Å²) in [6, 6.07) is 24.1. The summed E-state index contributed by atoms with van der Waals surface area (Å²) in [6.07, 6.45) is 1.47. The molecule has 1 aromatic heterocycles. The Morgan fingerprint density at radius 2 is 1.88 bits per heavy atom. The second kappa shape index (κ2) is 9.41. The molecule has 0 fully saturated rings. The van der Waals surface area contributed by atoms with Crippen molar-refractivity contribution < 1.29 is 9.53 Å². The average molecular weight is 472 g/mol. The van der Waals surface area contributed by atoms with Crippen LogP contribution in [0.2, 0.25) is 5.02 Å². The van der Waals surface area contributed by atoms with Gasteiger partial charge in [-0.15, -0.1) is 0 Å². The molecule has 0 saturated carbocycles. The number of benzene rings is 3. The second-order valence-corrected chi connectivity index (χ2v) is 8.27. The lowest BCUT2D eigenvalue weighted by Crippen LogP contribution is -2.31. The third-order valence-corrected chi connectivity index (χ3v) is 5.97. The van der Waals surface area contributed by atoms with Gasteiger partial charge in [-0.1, -0.05) is 60.1 Å². The van der Waals surface area contributed by atoms with Crippen LogP contribution < -0.4 is 15.4 Å². The second-order valence-electron chi connectivity index (χ2n) is 7.87. The maximum Gasteiger partial charge on any atom is 0.255 e. The molecule has 0 saturated heterocycles. The normalized spacial score (nSPS) is 14.8. The highest BCUT2D eigenvalue weighted by molar-refractivity contribution is 6.31. The number of anilines is 2. The Hall–Kier alpha value is -4.10. The highest BCUT2D eigenvalue weighted by Crippen LogP contribution is 2.36. The zero-order valence-corrected chi connectivity index (χ0v) is 19.2. The number of carbonyl (C=O) groups excluding carboxylic acids is 1. The van der Waals surface area contributed by atoms with Crippen molar-refractivity contribution >= 4 is 29.1 Å². The van der Waals surface area contributed by atoms with Crippen LogP contribution in [0.1, 0.15) is 24.1 Å². The quantitative estimate of drug-likeness (QED) is 0.391. The van der Waals surface area contributed by atoms with E-state index in [1.54, 1.807) is 4.68 Å². The Morgan fingerprint density at radius 1 is 1.09 bits per heavy atom. The minimum atomic E-state index is -0.480. The molecule has 5 rings (SSSR count). The molecule has 1 amide bonds. The van der Waals surface area contributed by atoms with Crippen LogP contribution in [0.15, 0.2) is 96.5 Å². The lowest BCUT2D eigenvalue weighted by atomic mass is 9.95. The molecule has 7 nitrogen and oxygen atoms in total. The molecule has 0 spiro atoms. The number of para-hydroxylation sites is 1. The van der Waals surface area contributed by atoms with E-state index < -0.39 is 6.04 Å². The number of ether oxygens (including phenoxy) is 1. The number of aromatic nitrogens is 3. The molecule has 2 heterocycles. The Kier molecular flexibility index (Phi) is 6.01. The van der Waals surface area contributed by atoms with Gasteiger partial charge in [-0.2, -0.15) is 10.1 Å². The van der Waals surface area contributed by atoms with Crippen molar-refractivity contribution in [3.05, 3.63) is 113 Å².